The molecule has 54 valence electrons. The Bertz CT molecular complexity index is 187. The van der Waals surface area contributed by atoms with E-state index in [1.165, 1.54) is 0 Å². The molecule has 0 unspecified atom stereocenters. The van der Waals surface area contributed by atoms with Crippen LogP contribution in [0.1, 0.15) is 5.56 Å². The van der Waals surface area contributed by atoms with Crippen LogP contribution in [0.25, 0.3) is 0 Å². The lowest BCUT2D eigenvalue weighted by atomic mass is 10.2. The van der Waals surface area contributed by atoms with Gasteiger partial charge in [0.25, 0.3) is 0 Å². The monoisotopic (exact) mass is 153 g/mol. The van der Waals surface area contributed by atoms with Crippen molar-refractivity contribution in [2.75, 3.05) is 7.11 Å². The summed E-state index contributed by atoms with van der Waals surface area (Å²) >= 11 is 4.89. The normalized spacial score (nSPS) is 9.40. The van der Waals surface area contributed by atoms with Crippen molar-refractivity contribution in [3.05, 3.63) is 29.8 Å². The lowest BCUT2D eigenvalue weighted by Crippen LogP contribution is -1.88. The van der Waals surface area contributed by atoms with E-state index in [1.807, 2.05) is 24.3 Å². The largest absolute Gasteiger partial charge is 0.788 e. The van der Waals surface area contributed by atoms with Gasteiger partial charge in [0, 0.05) is 0 Å². The molecule has 0 aliphatic heterocycles. The van der Waals surface area contributed by atoms with Crippen LogP contribution >= 0.6 is 0 Å². The van der Waals surface area contributed by atoms with Gasteiger partial charge in [0.2, 0.25) is 0 Å². The van der Waals surface area contributed by atoms with Crippen molar-refractivity contribution in [2.45, 2.75) is 5.75 Å². The molecule has 2 heteroatoms. The molecule has 1 aromatic rings. The maximum atomic E-state index is 5.07. The third-order valence-corrected chi connectivity index (χ3v) is 1.66. The SMILES string of the molecule is COc1ccccc1C[S-]. The van der Waals surface area contributed by atoms with Gasteiger partial charge in [-0.2, -0.15) is 0 Å². The molecule has 1 aromatic carbocycles. The minimum atomic E-state index is 0.615. The predicted molar refractivity (Wildman–Crippen MR) is 44.1 cm³/mol. The van der Waals surface area contributed by atoms with Crippen molar-refractivity contribution in [2.24, 2.45) is 0 Å². The third kappa shape index (κ3) is 1.45. The van der Waals surface area contributed by atoms with E-state index < -0.39 is 0 Å². The molecule has 0 heterocycles. The van der Waals surface area contributed by atoms with Gasteiger partial charge in [-0.25, -0.2) is 0 Å². The number of rotatable bonds is 2. The van der Waals surface area contributed by atoms with E-state index in [4.69, 9.17) is 17.4 Å². The van der Waals surface area contributed by atoms with Crippen LogP contribution in [0.4, 0.5) is 0 Å². The second kappa shape index (κ2) is 3.52. The van der Waals surface area contributed by atoms with E-state index >= 15 is 0 Å². The van der Waals surface area contributed by atoms with Gasteiger partial charge in [0.05, 0.1) is 7.11 Å². The lowest BCUT2D eigenvalue weighted by molar-refractivity contribution is 0.411. The molecule has 1 rings (SSSR count). The third-order valence-electron chi connectivity index (χ3n) is 1.35. The Hall–Kier alpha value is -0.630. The van der Waals surface area contributed by atoms with Crippen molar-refractivity contribution >= 4 is 12.6 Å². The summed E-state index contributed by atoms with van der Waals surface area (Å²) in [5.74, 6) is 1.50. The average molecular weight is 153 g/mol. The Morgan fingerprint density at radius 2 is 2.10 bits per heavy atom. The molecule has 1 nitrogen and oxygen atoms in total. The Balaban J connectivity index is 2.96. The molecule has 0 aliphatic carbocycles. The minimum absolute atomic E-state index is 0.615. The fourth-order valence-corrected chi connectivity index (χ4v) is 1.06. The first-order valence-electron chi connectivity index (χ1n) is 3.08. The van der Waals surface area contributed by atoms with E-state index in [1.54, 1.807) is 7.11 Å². The zero-order valence-electron chi connectivity index (χ0n) is 5.83. The molecule has 0 fully saturated rings. The van der Waals surface area contributed by atoms with Crippen molar-refractivity contribution in [1.29, 1.82) is 0 Å². The van der Waals surface area contributed by atoms with Crippen molar-refractivity contribution < 1.29 is 4.74 Å². The predicted octanol–water partition coefficient (Wildman–Crippen LogP) is 1.74. The van der Waals surface area contributed by atoms with Crippen LogP contribution in [0.3, 0.4) is 0 Å². The second-order valence-electron chi connectivity index (χ2n) is 1.96. The summed E-state index contributed by atoms with van der Waals surface area (Å²) in [5.41, 5.74) is 1.08. The molecule has 10 heavy (non-hydrogen) atoms. The van der Waals surface area contributed by atoms with Crippen molar-refractivity contribution in [3.8, 4) is 5.75 Å². The topological polar surface area (TPSA) is 9.23 Å². The van der Waals surface area contributed by atoms with Crippen molar-refractivity contribution in [1.82, 2.24) is 0 Å². The summed E-state index contributed by atoms with van der Waals surface area (Å²) in [6, 6.07) is 7.80. The second-order valence-corrected chi connectivity index (χ2v) is 2.24. The summed E-state index contributed by atoms with van der Waals surface area (Å²) in [5, 5.41) is 0. The van der Waals surface area contributed by atoms with Crippen molar-refractivity contribution in [3.63, 3.8) is 0 Å². The van der Waals surface area contributed by atoms with Gasteiger partial charge < -0.3 is 17.4 Å². The standard InChI is InChI=1S/C8H10OS/c1-9-8-5-3-2-4-7(8)6-10/h2-5,10H,6H2,1H3/p-1. The molecule has 0 aromatic heterocycles. The fourth-order valence-electron chi connectivity index (χ4n) is 0.822. The first kappa shape index (κ1) is 7.48. The van der Waals surface area contributed by atoms with Crippen LogP contribution in [-0.2, 0) is 18.4 Å². The smallest absolute Gasteiger partial charge is 0.120 e. The number of hydrogen-bond acceptors (Lipinski definition) is 2. The van der Waals surface area contributed by atoms with Crippen LogP contribution in [-0.4, -0.2) is 7.11 Å². The molecule has 0 atom stereocenters. The van der Waals surface area contributed by atoms with E-state index in [0.29, 0.717) is 5.75 Å². The number of para-hydroxylation sites is 1. The quantitative estimate of drug-likeness (QED) is 0.598. The summed E-state index contributed by atoms with van der Waals surface area (Å²) in [6.45, 7) is 0. The molecule has 0 radical (unpaired) electrons. The molecule has 0 aliphatic rings. The molecule has 0 spiro atoms. The molecule has 0 amide bonds. The molecule has 0 N–H and O–H groups in total. The first-order chi connectivity index (χ1) is 4.88. The highest BCUT2D eigenvalue weighted by atomic mass is 32.1. The highest BCUT2D eigenvalue weighted by Crippen LogP contribution is 2.16. The number of methoxy groups -OCH3 is 1. The van der Waals surface area contributed by atoms with Crippen LogP contribution in [0.2, 0.25) is 0 Å². The van der Waals surface area contributed by atoms with Gasteiger partial charge >= 0.3 is 0 Å². The number of benzene rings is 1. The van der Waals surface area contributed by atoms with Crippen LogP contribution in [0, 0.1) is 0 Å². The minimum Gasteiger partial charge on any atom is -0.788 e. The number of hydrogen-bond donors (Lipinski definition) is 0. The highest BCUT2D eigenvalue weighted by Gasteiger charge is 1.92. The summed E-state index contributed by atoms with van der Waals surface area (Å²) in [7, 11) is 1.66. The Morgan fingerprint density at radius 3 is 2.60 bits per heavy atom. The van der Waals surface area contributed by atoms with Gasteiger partial charge in [-0.05, 0) is 11.6 Å². The van der Waals surface area contributed by atoms with Crippen LogP contribution in [0.15, 0.2) is 24.3 Å². The fraction of sp³-hybridized carbons (Fsp3) is 0.250. The van der Waals surface area contributed by atoms with E-state index in [9.17, 15) is 0 Å². The Morgan fingerprint density at radius 1 is 1.40 bits per heavy atom. The van der Waals surface area contributed by atoms with Gasteiger partial charge in [-0.3, -0.25) is 0 Å². The zero-order valence-corrected chi connectivity index (χ0v) is 6.65. The Labute approximate surface area is 66.4 Å². The van der Waals surface area contributed by atoms with Gasteiger partial charge in [0.15, 0.2) is 0 Å². The summed E-state index contributed by atoms with van der Waals surface area (Å²) in [6.07, 6.45) is 0. The maximum Gasteiger partial charge on any atom is 0.120 e. The molecule has 0 bridgehead atoms. The molecule has 0 saturated carbocycles. The van der Waals surface area contributed by atoms with E-state index in [0.717, 1.165) is 11.3 Å². The van der Waals surface area contributed by atoms with Crippen LogP contribution in [0.5, 0.6) is 5.75 Å². The van der Waals surface area contributed by atoms with Gasteiger partial charge in [0.1, 0.15) is 5.75 Å². The molecular formula is C8H9OS-. The molecular weight excluding hydrogens is 144 g/mol. The zero-order chi connectivity index (χ0) is 7.40. The summed E-state index contributed by atoms with van der Waals surface area (Å²) in [4.78, 5) is 0. The van der Waals surface area contributed by atoms with Gasteiger partial charge in [-0.1, -0.05) is 18.2 Å². The molecule has 0 saturated heterocycles. The van der Waals surface area contributed by atoms with E-state index in [2.05, 4.69) is 0 Å². The average Bonchev–Trinajstić information content (AvgIpc) is 2.04. The van der Waals surface area contributed by atoms with E-state index in [-0.39, 0.29) is 0 Å². The lowest BCUT2D eigenvalue weighted by Gasteiger charge is -2.09. The van der Waals surface area contributed by atoms with Crippen LogP contribution < -0.4 is 4.74 Å². The highest BCUT2D eigenvalue weighted by molar-refractivity contribution is 7.57. The first-order valence-corrected chi connectivity index (χ1v) is 3.66. The summed E-state index contributed by atoms with van der Waals surface area (Å²) < 4.78 is 5.07. The van der Waals surface area contributed by atoms with Gasteiger partial charge in [-0.15, -0.1) is 5.75 Å². The maximum absolute atomic E-state index is 5.07. The Kier molecular flexibility index (Phi) is 2.63. The number of ether oxygens (including phenoxy) is 1.